The molecule has 0 fully saturated rings. The van der Waals surface area contributed by atoms with E-state index in [9.17, 15) is 0 Å². The van der Waals surface area contributed by atoms with Crippen molar-refractivity contribution in [1.29, 1.82) is 0 Å². The Labute approximate surface area is 351 Å². The minimum absolute atomic E-state index is 0.222. The van der Waals surface area contributed by atoms with Gasteiger partial charge in [0.15, 0.2) is 7.14 Å². The van der Waals surface area contributed by atoms with E-state index >= 15 is 4.57 Å². The van der Waals surface area contributed by atoms with Crippen molar-refractivity contribution in [2.45, 2.75) is 38.5 Å². The molecule has 1 nitrogen and oxygen atoms in total. The predicted molar refractivity (Wildman–Crippen MR) is 256 cm³/mol. The van der Waals surface area contributed by atoms with Crippen molar-refractivity contribution < 1.29 is 4.57 Å². The summed E-state index contributed by atoms with van der Waals surface area (Å²) in [5.41, 5.74) is 12.0. The molecule has 0 spiro atoms. The zero-order valence-corrected chi connectivity index (χ0v) is 35.1. The molecule has 10 aromatic rings. The predicted octanol–water partition coefficient (Wildman–Crippen LogP) is 14.2. The molecule has 2 aliphatic carbocycles. The number of benzene rings is 10. The lowest BCUT2D eigenvalue weighted by Gasteiger charge is -2.27. The lowest BCUT2D eigenvalue weighted by Crippen LogP contribution is -2.28. The Hall–Kier alpha value is -6.53. The molecule has 60 heavy (non-hydrogen) atoms. The Balaban J connectivity index is 1.10. The fourth-order valence-corrected chi connectivity index (χ4v) is 13.7. The second-order valence-corrected chi connectivity index (χ2v) is 20.7. The van der Waals surface area contributed by atoms with E-state index in [1.165, 1.54) is 93.2 Å². The van der Waals surface area contributed by atoms with Gasteiger partial charge in [0.1, 0.15) is 0 Å². The first-order valence-electron chi connectivity index (χ1n) is 21.1. The Morgan fingerprint density at radius 1 is 0.350 bits per heavy atom. The Bertz CT molecular complexity index is 3400. The monoisotopic (exact) mass is 786 g/mol. The first-order valence-corrected chi connectivity index (χ1v) is 22.8. The molecular formula is C58H43OP. The van der Waals surface area contributed by atoms with Gasteiger partial charge in [-0.15, -0.1) is 0 Å². The summed E-state index contributed by atoms with van der Waals surface area (Å²) in [6.07, 6.45) is 0. The molecule has 0 aliphatic heterocycles. The molecule has 0 radical (unpaired) electrons. The molecule has 0 aromatic heterocycles. The van der Waals surface area contributed by atoms with E-state index in [2.05, 4.69) is 216 Å². The summed E-state index contributed by atoms with van der Waals surface area (Å²) in [7, 11) is -3.42. The fraction of sp³-hybridized carbons (Fsp3) is 0.103. The molecule has 2 heteroatoms. The van der Waals surface area contributed by atoms with Crippen LogP contribution in [0.25, 0.3) is 76.5 Å². The summed E-state index contributed by atoms with van der Waals surface area (Å²) in [5, 5.41) is 12.4. The van der Waals surface area contributed by atoms with Crippen LogP contribution in [0.4, 0.5) is 0 Å². The Morgan fingerprint density at radius 3 is 1.43 bits per heavy atom. The van der Waals surface area contributed by atoms with Crippen molar-refractivity contribution in [2.24, 2.45) is 0 Å². The zero-order chi connectivity index (χ0) is 40.5. The summed E-state index contributed by atoms with van der Waals surface area (Å²) < 4.78 is 16.8. The largest absolute Gasteiger partial charge is 0.309 e. The SMILES string of the molecule is CC1(C)c2ccccc2-c2ccc(P(=O)(c3ccc(-c4c5ccc6ccccc6c5cc5ccc6ccccc6c45)cc3)c3ccc4c(c3)C(C)(C)c3ccccc3-4)cc21. The van der Waals surface area contributed by atoms with Crippen molar-refractivity contribution >= 4 is 66.1 Å². The summed E-state index contributed by atoms with van der Waals surface area (Å²) in [5.74, 6) is 0. The van der Waals surface area contributed by atoms with E-state index in [0.29, 0.717) is 0 Å². The van der Waals surface area contributed by atoms with Crippen molar-refractivity contribution in [3.8, 4) is 33.4 Å². The minimum Gasteiger partial charge on any atom is -0.309 e. The molecule has 286 valence electrons. The molecule has 0 saturated carbocycles. The fourth-order valence-electron chi connectivity index (χ4n) is 11.0. The Kier molecular flexibility index (Phi) is 7.38. The highest BCUT2D eigenvalue weighted by molar-refractivity contribution is 7.85. The topological polar surface area (TPSA) is 17.1 Å². The summed E-state index contributed by atoms with van der Waals surface area (Å²) >= 11 is 0. The molecular weight excluding hydrogens is 744 g/mol. The maximum Gasteiger partial charge on any atom is 0.171 e. The number of hydrogen-bond acceptors (Lipinski definition) is 1. The van der Waals surface area contributed by atoms with Crippen molar-refractivity contribution in [3.05, 3.63) is 210 Å². The van der Waals surface area contributed by atoms with E-state index in [1.807, 2.05) is 0 Å². The van der Waals surface area contributed by atoms with Crippen LogP contribution in [0.15, 0.2) is 188 Å². The molecule has 0 saturated heterocycles. The second kappa shape index (κ2) is 12.5. The standard InChI is InChI=1S/C58H43OP/c1-57(2)51-19-11-9-17-45(51)47-31-28-41(34-53(47)57)60(59,42-29-32-48-46-18-10-12-20-52(46)58(3,4)54(48)35-42)40-26-23-38(24-27-40)55-49-30-25-36-13-5-7-15-43(36)50(49)33-39-22-21-37-14-6-8-16-44(37)56(39)55/h5-35H,1-4H3. The second-order valence-electron chi connectivity index (χ2n) is 18.0. The minimum atomic E-state index is -3.42. The molecule has 2 aliphatic rings. The zero-order valence-electron chi connectivity index (χ0n) is 34.3. The summed E-state index contributed by atoms with van der Waals surface area (Å²) in [4.78, 5) is 0. The number of fused-ring (bicyclic) bond motifs is 12. The van der Waals surface area contributed by atoms with Crippen LogP contribution >= 0.6 is 7.14 Å². The van der Waals surface area contributed by atoms with E-state index in [-0.39, 0.29) is 10.8 Å². The van der Waals surface area contributed by atoms with Gasteiger partial charge in [-0.3, -0.25) is 0 Å². The molecule has 12 rings (SSSR count). The van der Waals surface area contributed by atoms with E-state index in [4.69, 9.17) is 0 Å². The summed E-state index contributed by atoms with van der Waals surface area (Å²) in [6.45, 7) is 9.21. The average molecular weight is 787 g/mol. The number of rotatable bonds is 4. The molecule has 0 bridgehead atoms. The van der Waals surface area contributed by atoms with E-state index in [0.717, 1.165) is 21.5 Å². The van der Waals surface area contributed by atoms with Gasteiger partial charge in [0.25, 0.3) is 0 Å². The quantitative estimate of drug-likeness (QED) is 0.0986. The lowest BCUT2D eigenvalue weighted by atomic mass is 9.82. The maximum atomic E-state index is 16.8. The smallest absolute Gasteiger partial charge is 0.171 e. The molecule has 0 unspecified atom stereocenters. The van der Waals surface area contributed by atoms with Gasteiger partial charge in [0.05, 0.1) is 0 Å². The first-order chi connectivity index (χ1) is 29.1. The first kappa shape index (κ1) is 35.4. The van der Waals surface area contributed by atoms with Crippen LogP contribution in [0.1, 0.15) is 49.9 Å². The van der Waals surface area contributed by atoms with E-state index < -0.39 is 7.14 Å². The highest BCUT2D eigenvalue weighted by Gasteiger charge is 2.40. The maximum absolute atomic E-state index is 16.8. The highest BCUT2D eigenvalue weighted by atomic mass is 31.2. The van der Waals surface area contributed by atoms with E-state index in [1.54, 1.807) is 0 Å². The van der Waals surface area contributed by atoms with Gasteiger partial charge in [0, 0.05) is 26.7 Å². The van der Waals surface area contributed by atoms with Crippen LogP contribution in [-0.4, -0.2) is 0 Å². The third-order valence-electron chi connectivity index (χ3n) is 14.1. The Morgan fingerprint density at radius 2 is 0.817 bits per heavy atom. The molecule has 0 amide bonds. The van der Waals surface area contributed by atoms with Crippen LogP contribution in [0, 0.1) is 0 Å². The van der Waals surface area contributed by atoms with Gasteiger partial charge < -0.3 is 4.57 Å². The molecule has 0 atom stereocenters. The summed E-state index contributed by atoms with van der Waals surface area (Å²) in [6, 6.07) is 68.3. The van der Waals surface area contributed by atoms with Crippen molar-refractivity contribution in [2.75, 3.05) is 0 Å². The third kappa shape index (κ3) is 4.79. The van der Waals surface area contributed by atoms with Crippen molar-refractivity contribution in [1.82, 2.24) is 0 Å². The normalized spacial score (nSPS) is 14.7. The van der Waals surface area contributed by atoms with Gasteiger partial charge in [-0.25, -0.2) is 0 Å². The van der Waals surface area contributed by atoms with Gasteiger partial charge in [-0.05, 0) is 117 Å². The van der Waals surface area contributed by atoms with Gasteiger partial charge in [0.2, 0.25) is 0 Å². The van der Waals surface area contributed by atoms with Crippen LogP contribution in [0.5, 0.6) is 0 Å². The molecule has 0 heterocycles. The van der Waals surface area contributed by atoms with Crippen LogP contribution < -0.4 is 15.9 Å². The lowest BCUT2D eigenvalue weighted by molar-refractivity contribution is 0.592. The van der Waals surface area contributed by atoms with Gasteiger partial charge >= 0.3 is 0 Å². The van der Waals surface area contributed by atoms with Crippen molar-refractivity contribution in [3.63, 3.8) is 0 Å². The van der Waals surface area contributed by atoms with Gasteiger partial charge in [-0.2, -0.15) is 0 Å². The molecule has 10 aromatic carbocycles. The third-order valence-corrected chi connectivity index (χ3v) is 17.2. The van der Waals surface area contributed by atoms with Crippen LogP contribution in [-0.2, 0) is 15.4 Å². The van der Waals surface area contributed by atoms with Crippen LogP contribution in [0.2, 0.25) is 0 Å². The van der Waals surface area contributed by atoms with Crippen LogP contribution in [0.3, 0.4) is 0 Å². The average Bonchev–Trinajstić information content (AvgIpc) is 3.66. The highest BCUT2D eigenvalue weighted by Crippen LogP contribution is 2.54. The number of hydrogen-bond donors (Lipinski definition) is 0. The van der Waals surface area contributed by atoms with Gasteiger partial charge in [-0.1, -0.05) is 198 Å². The molecule has 0 N–H and O–H groups in total.